The monoisotopic (exact) mass is 250 g/mol. The molecule has 0 unspecified atom stereocenters. The molecule has 0 aromatic carbocycles. The number of carbonyl (C=O) groups is 2. The van der Waals surface area contributed by atoms with Crippen molar-refractivity contribution >= 4 is 11.9 Å². The summed E-state index contributed by atoms with van der Waals surface area (Å²) in [6.45, 7) is 8.16. The molecular formula is C10H19ClN2O3. The van der Waals surface area contributed by atoms with Crippen molar-refractivity contribution < 1.29 is 31.5 Å². The van der Waals surface area contributed by atoms with E-state index >= 15 is 0 Å². The second-order valence-corrected chi connectivity index (χ2v) is 3.65. The predicted octanol–water partition coefficient (Wildman–Crippen LogP) is -2.61. The number of primary amides is 1. The fourth-order valence-electron chi connectivity index (χ4n) is 0.327. The fourth-order valence-corrected chi connectivity index (χ4v) is 0.327. The number of rotatable bonds is 3. The van der Waals surface area contributed by atoms with Crippen LogP contribution in [0.2, 0.25) is 0 Å². The van der Waals surface area contributed by atoms with Crippen molar-refractivity contribution in [2.75, 3.05) is 21.1 Å². The molecule has 94 valence electrons. The molecule has 2 N–H and O–H groups in total. The number of carbonyl (C=O) groups excluding carboxylic acids is 2. The number of hydrogen-bond acceptors (Lipinski definition) is 3. The Bertz CT molecular complexity index is 270. The summed E-state index contributed by atoms with van der Waals surface area (Å²) in [4.78, 5) is 25.2. The predicted molar refractivity (Wildman–Crippen MR) is 58.3 cm³/mol. The Balaban J connectivity index is -0.000000242. The Morgan fingerprint density at radius 1 is 1.31 bits per heavy atom. The molecule has 0 saturated carbocycles. The molecule has 0 aliphatic carbocycles. The van der Waals surface area contributed by atoms with Crippen molar-refractivity contribution in [3.63, 3.8) is 0 Å². The van der Waals surface area contributed by atoms with E-state index in [-0.39, 0.29) is 23.0 Å². The van der Waals surface area contributed by atoms with Crippen molar-refractivity contribution in [1.82, 2.24) is 0 Å². The molecule has 0 aliphatic rings. The van der Waals surface area contributed by atoms with E-state index in [4.69, 9.17) is 4.84 Å². The SMILES string of the molecule is C=C(C)C(=O)O[N+](C)(C)C.C=CC(N)=O.[Cl-]. The third-order valence-corrected chi connectivity index (χ3v) is 0.906. The van der Waals surface area contributed by atoms with Gasteiger partial charge in [0.05, 0.1) is 0 Å². The minimum Gasteiger partial charge on any atom is -1.00 e. The van der Waals surface area contributed by atoms with Crippen molar-refractivity contribution in [3.05, 3.63) is 24.8 Å². The van der Waals surface area contributed by atoms with E-state index in [1.54, 1.807) is 28.1 Å². The van der Waals surface area contributed by atoms with E-state index in [1.165, 1.54) is 0 Å². The summed E-state index contributed by atoms with van der Waals surface area (Å²) in [6.07, 6.45) is 1.06. The highest BCUT2D eigenvalue weighted by atomic mass is 35.5. The van der Waals surface area contributed by atoms with E-state index in [9.17, 15) is 9.59 Å². The van der Waals surface area contributed by atoms with Crippen LogP contribution in [0.25, 0.3) is 0 Å². The molecule has 0 atom stereocenters. The van der Waals surface area contributed by atoms with E-state index < -0.39 is 5.91 Å². The number of quaternary nitrogens is 1. The van der Waals surface area contributed by atoms with Crippen LogP contribution in [-0.4, -0.2) is 37.7 Å². The van der Waals surface area contributed by atoms with Crippen LogP contribution in [0, 0.1) is 0 Å². The van der Waals surface area contributed by atoms with Gasteiger partial charge in [0.1, 0.15) is 21.1 Å². The molecule has 6 heteroatoms. The zero-order chi connectivity index (χ0) is 12.6. The molecule has 0 aliphatic heterocycles. The molecule has 0 saturated heterocycles. The molecule has 5 nitrogen and oxygen atoms in total. The summed E-state index contributed by atoms with van der Waals surface area (Å²) >= 11 is 0. The Labute approximate surface area is 103 Å². The number of hydrogen-bond donors (Lipinski definition) is 1. The van der Waals surface area contributed by atoms with Crippen LogP contribution >= 0.6 is 0 Å². The van der Waals surface area contributed by atoms with E-state index in [2.05, 4.69) is 18.9 Å². The molecule has 0 bridgehead atoms. The van der Waals surface area contributed by atoms with E-state index in [1.807, 2.05) is 0 Å². The van der Waals surface area contributed by atoms with Gasteiger partial charge in [0.15, 0.2) is 0 Å². The second kappa shape index (κ2) is 8.94. The van der Waals surface area contributed by atoms with Gasteiger partial charge in [-0.1, -0.05) is 13.2 Å². The molecule has 1 amide bonds. The summed E-state index contributed by atoms with van der Waals surface area (Å²) in [5.74, 6) is -0.836. The lowest BCUT2D eigenvalue weighted by Crippen LogP contribution is -3.00. The maximum atomic E-state index is 10.8. The lowest BCUT2D eigenvalue weighted by atomic mass is 10.4. The maximum Gasteiger partial charge on any atom is 0.392 e. The largest absolute Gasteiger partial charge is 1.00 e. The highest BCUT2D eigenvalue weighted by Crippen LogP contribution is 1.98. The number of amides is 1. The summed E-state index contributed by atoms with van der Waals surface area (Å²) in [7, 11) is 5.29. The van der Waals surface area contributed by atoms with Crippen molar-refractivity contribution in [2.24, 2.45) is 5.73 Å². The van der Waals surface area contributed by atoms with Crippen LogP contribution in [0.15, 0.2) is 24.8 Å². The number of nitrogens with two attached hydrogens (primary N) is 1. The van der Waals surface area contributed by atoms with E-state index in [0.717, 1.165) is 6.08 Å². The van der Waals surface area contributed by atoms with Crippen LogP contribution in [0.4, 0.5) is 0 Å². The number of halogens is 1. The summed E-state index contributed by atoms with van der Waals surface area (Å²) < 4.78 is 0.172. The van der Waals surface area contributed by atoms with Gasteiger partial charge >= 0.3 is 5.97 Å². The Morgan fingerprint density at radius 3 is 1.69 bits per heavy atom. The van der Waals surface area contributed by atoms with Gasteiger partial charge in [-0.05, 0) is 13.0 Å². The summed E-state index contributed by atoms with van der Waals surface area (Å²) in [5, 5.41) is 0. The Kier molecular flexibility index (Phi) is 11.2. The topological polar surface area (TPSA) is 69.4 Å². The lowest BCUT2D eigenvalue weighted by Gasteiger charge is -2.19. The fraction of sp³-hybridized carbons (Fsp3) is 0.400. The minimum absolute atomic E-state index is 0. The zero-order valence-corrected chi connectivity index (χ0v) is 10.9. The molecule has 16 heavy (non-hydrogen) atoms. The molecule has 0 spiro atoms. The first-order chi connectivity index (χ1) is 6.60. The zero-order valence-electron chi connectivity index (χ0n) is 10.1. The van der Waals surface area contributed by atoms with Crippen LogP contribution in [0.3, 0.4) is 0 Å². The average Bonchev–Trinajstić information content (AvgIpc) is 2.02. The normalized spacial score (nSPS) is 8.75. The average molecular weight is 251 g/mol. The third-order valence-electron chi connectivity index (χ3n) is 0.906. The van der Waals surface area contributed by atoms with Gasteiger partial charge in [-0.3, -0.25) is 9.63 Å². The van der Waals surface area contributed by atoms with Crippen molar-refractivity contribution in [3.8, 4) is 0 Å². The first-order valence-electron chi connectivity index (χ1n) is 4.23. The minimum atomic E-state index is -0.481. The van der Waals surface area contributed by atoms with Crippen molar-refractivity contribution in [2.45, 2.75) is 6.92 Å². The lowest BCUT2D eigenvalue weighted by molar-refractivity contribution is -1.04. The highest BCUT2D eigenvalue weighted by molar-refractivity contribution is 5.86. The van der Waals surface area contributed by atoms with Gasteiger partial charge in [-0.2, -0.15) is 0 Å². The highest BCUT2D eigenvalue weighted by Gasteiger charge is 2.15. The van der Waals surface area contributed by atoms with E-state index in [0.29, 0.717) is 5.57 Å². The van der Waals surface area contributed by atoms with Crippen LogP contribution in [0.1, 0.15) is 6.92 Å². The van der Waals surface area contributed by atoms with Gasteiger partial charge in [0.25, 0.3) is 0 Å². The molecule has 0 aromatic rings. The first kappa shape index (κ1) is 20.1. The molecular weight excluding hydrogens is 232 g/mol. The van der Waals surface area contributed by atoms with Gasteiger partial charge in [-0.15, -0.1) is 4.65 Å². The molecule has 0 aromatic heterocycles. The number of nitrogens with zero attached hydrogens (tertiary/aromatic N) is 1. The quantitative estimate of drug-likeness (QED) is 0.339. The van der Waals surface area contributed by atoms with Crippen molar-refractivity contribution in [1.29, 1.82) is 0 Å². The molecule has 0 rings (SSSR count). The van der Waals surface area contributed by atoms with Crippen LogP contribution in [0.5, 0.6) is 0 Å². The van der Waals surface area contributed by atoms with Gasteiger partial charge in [0.2, 0.25) is 5.91 Å². The van der Waals surface area contributed by atoms with Crippen LogP contribution in [-0.2, 0) is 14.4 Å². The second-order valence-electron chi connectivity index (χ2n) is 3.65. The smallest absolute Gasteiger partial charge is 0.392 e. The molecule has 0 heterocycles. The summed E-state index contributed by atoms with van der Waals surface area (Å²) in [5.41, 5.74) is 4.96. The first-order valence-corrected chi connectivity index (χ1v) is 4.23. The third kappa shape index (κ3) is 18.5. The van der Waals surface area contributed by atoms with Gasteiger partial charge < -0.3 is 18.1 Å². The molecule has 0 fully saturated rings. The Hall–Kier alpha value is -1.33. The molecule has 0 radical (unpaired) electrons. The maximum absolute atomic E-state index is 10.8. The van der Waals surface area contributed by atoms with Crippen LogP contribution < -0.4 is 18.1 Å². The van der Waals surface area contributed by atoms with Gasteiger partial charge in [0, 0.05) is 5.57 Å². The standard InChI is InChI=1S/C7H14NO2.C3H5NO.ClH/c1-6(2)7(9)10-8(3,4)5;1-2-3(4)5;/h1H2,2-5H3;2H,1H2,(H2,4,5);1H/q+1;;/p-1. The van der Waals surface area contributed by atoms with Gasteiger partial charge in [-0.25, -0.2) is 4.79 Å². The Morgan fingerprint density at radius 2 is 1.62 bits per heavy atom. The summed E-state index contributed by atoms with van der Waals surface area (Å²) in [6, 6.07) is 0. The number of hydroxylamine groups is 3.